The van der Waals surface area contributed by atoms with Crippen molar-refractivity contribution < 1.29 is 19.1 Å². The number of ether oxygens (including phenoxy) is 2. The van der Waals surface area contributed by atoms with E-state index in [2.05, 4.69) is 5.32 Å². The van der Waals surface area contributed by atoms with Crippen molar-refractivity contribution in [2.24, 2.45) is 0 Å². The molecule has 1 aliphatic rings. The molecule has 140 valence electrons. The number of hydrogen-bond donors (Lipinski definition) is 1. The molecule has 3 rings (SSSR count). The van der Waals surface area contributed by atoms with Gasteiger partial charge in [0.25, 0.3) is 5.91 Å². The fraction of sp³-hybridized carbons (Fsp3) is 0.200. The van der Waals surface area contributed by atoms with Crippen molar-refractivity contribution in [2.75, 3.05) is 14.2 Å². The van der Waals surface area contributed by atoms with Crippen LogP contribution in [0.25, 0.3) is 6.08 Å². The Morgan fingerprint density at radius 3 is 2.33 bits per heavy atom. The number of aryl methyl sites for hydroxylation is 1. The molecule has 0 saturated carbocycles. The Kier molecular flexibility index (Phi) is 5.37. The molecule has 2 aromatic carbocycles. The van der Waals surface area contributed by atoms with Crippen LogP contribution in [-0.2, 0) is 11.3 Å². The summed E-state index contributed by atoms with van der Waals surface area (Å²) < 4.78 is 10.5. The van der Waals surface area contributed by atoms with Crippen LogP contribution in [0, 0.1) is 6.92 Å². The minimum Gasteiger partial charge on any atom is -0.493 e. The van der Waals surface area contributed by atoms with E-state index in [1.807, 2.05) is 31.2 Å². The highest BCUT2D eigenvalue weighted by molar-refractivity contribution is 6.32. The Bertz CT molecular complexity index is 922. The summed E-state index contributed by atoms with van der Waals surface area (Å²) >= 11 is 6.26. The third kappa shape index (κ3) is 3.90. The van der Waals surface area contributed by atoms with Crippen molar-refractivity contribution in [3.8, 4) is 11.5 Å². The number of carbonyl (C=O) groups is 2. The summed E-state index contributed by atoms with van der Waals surface area (Å²) in [6.45, 7) is 2.17. The zero-order valence-corrected chi connectivity index (χ0v) is 16.0. The average molecular weight is 387 g/mol. The van der Waals surface area contributed by atoms with E-state index in [1.54, 1.807) is 12.1 Å². The first kappa shape index (κ1) is 18.8. The predicted octanol–water partition coefficient (Wildman–Crippen LogP) is 3.76. The van der Waals surface area contributed by atoms with E-state index in [0.717, 1.165) is 16.0 Å². The third-order valence-corrected chi connectivity index (χ3v) is 4.55. The number of imide groups is 1. The number of rotatable bonds is 5. The van der Waals surface area contributed by atoms with Gasteiger partial charge in [0, 0.05) is 6.07 Å². The van der Waals surface area contributed by atoms with Gasteiger partial charge in [-0.3, -0.25) is 9.69 Å². The fourth-order valence-electron chi connectivity index (χ4n) is 2.73. The van der Waals surface area contributed by atoms with E-state index in [1.165, 1.54) is 20.3 Å². The fourth-order valence-corrected chi connectivity index (χ4v) is 2.94. The molecule has 3 amide bonds. The van der Waals surface area contributed by atoms with E-state index in [9.17, 15) is 9.59 Å². The zero-order valence-electron chi connectivity index (χ0n) is 15.2. The second-order valence-corrected chi connectivity index (χ2v) is 6.50. The highest BCUT2D eigenvalue weighted by atomic mass is 35.5. The molecule has 1 fully saturated rings. The molecule has 2 aromatic rings. The van der Waals surface area contributed by atoms with Crippen molar-refractivity contribution in [2.45, 2.75) is 13.5 Å². The summed E-state index contributed by atoms with van der Waals surface area (Å²) in [4.78, 5) is 26.1. The van der Waals surface area contributed by atoms with Crippen LogP contribution in [-0.4, -0.2) is 31.1 Å². The van der Waals surface area contributed by atoms with Crippen molar-refractivity contribution in [3.05, 3.63) is 63.8 Å². The lowest BCUT2D eigenvalue weighted by atomic mass is 10.1. The van der Waals surface area contributed by atoms with Crippen LogP contribution in [0.1, 0.15) is 16.7 Å². The normalized spacial score (nSPS) is 15.3. The molecule has 0 bridgehead atoms. The highest BCUT2D eigenvalue weighted by Gasteiger charge is 2.33. The van der Waals surface area contributed by atoms with Gasteiger partial charge in [-0.05, 0) is 30.2 Å². The first-order valence-corrected chi connectivity index (χ1v) is 8.62. The Balaban J connectivity index is 1.87. The maximum Gasteiger partial charge on any atom is 0.329 e. The van der Waals surface area contributed by atoms with E-state index in [4.69, 9.17) is 21.1 Å². The minimum absolute atomic E-state index is 0.154. The summed E-state index contributed by atoms with van der Waals surface area (Å²) in [5, 5.41) is 2.97. The van der Waals surface area contributed by atoms with Gasteiger partial charge in [0.05, 0.1) is 25.8 Å². The van der Waals surface area contributed by atoms with E-state index in [0.29, 0.717) is 22.1 Å². The van der Waals surface area contributed by atoms with Crippen molar-refractivity contribution >= 4 is 29.6 Å². The van der Waals surface area contributed by atoms with Gasteiger partial charge < -0.3 is 14.8 Å². The van der Waals surface area contributed by atoms with Gasteiger partial charge in [-0.15, -0.1) is 0 Å². The topological polar surface area (TPSA) is 67.9 Å². The number of hydrogen-bond acceptors (Lipinski definition) is 4. The number of urea groups is 1. The summed E-state index contributed by atoms with van der Waals surface area (Å²) in [5.74, 6) is 0.542. The van der Waals surface area contributed by atoms with Crippen LogP contribution in [0.5, 0.6) is 11.5 Å². The highest BCUT2D eigenvalue weighted by Crippen LogP contribution is 2.34. The first-order valence-electron chi connectivity index (χ1n) is 8.24. The summed E-state index contributed by atoms with van der Waals surface area (Å²) in [6, 6.07) is 10.4. The van der Waals surface area contributed by atoms with Gasteiger partial charge >= 0.3 is 6.03 Å². The number of amides is 3. The standard InChI is InChI=1S/C20H19ClN2O4/c1-12-4-6-13(7-5-12)11-23-19(24)16(22-20(23)25)8-14-9-17(26-2)18(27-3)10-15(14)21/h4-10H,11H2,1-3H3,(H,22,25)/b16-8+. The van der Waals surface area contributed by atoms with Crippen molar-refractivity contribution in [1.29, 1.82) is 0 Å². The van der Waals surface area contributed by atoms with E-state index >= 15 is 0 Å². The van der Waals surface area contributed by atoms with Crippen molar-refractivity contribution in [1.82, 2.24) is 10.2 Å². The van der Waals surface area contributed by atoms with Gasteiger partial charge in [-0.25, -0.2) is 4.79 Å². The smallest absolute Gasteiger partial charge is 0.329 e. The molecule has 1 saturated heterocycles. The van der Waals surface area contributed by atoms with E-state index < -0.39 is 11.9 Å². The van der Waals surface area contributed by atoms with E-state index in [-0.39, 0.29) is 12.2 Å². The maximum atomic E-state index is 12.7. The SMILES string of the molecule is COc1cc(Cl)c(/C=C2/NC(=O)N(Cc3ccc(C)cc3)C2=O)cc1OC. The second-order valence-electron chi connectivity index (χ2n) is 6.09. The Labute approximate surface area is 162 Å². The Hall–Kier alpha value is -2.99. The molecular weight excluding hydrogens is 368 g/mol. The van der Waals surface area contributed by atoms with Gasteiger partial charge in [-0.1, -0.05) is 41.4 Å². The van der Waals surface area contributed by atoms with Crippen LogP contribution in [0.2, 0.25) is 5.02 Å². The summed E-state index contributed by atoms with van der Waals surface area (Å²) in [5.41, 5.74) is 2.67. The lowest BCUT2D eigenvalue weighted by molar-refractivity contribution is -0.123. The Morgan fingerprint density at radius 2 is 1.70 bits per heavy atom. The number of halogens is 1. The quantitative estimate of drug-likeness (QED) is 0.627. The van der Waals surface area contributed by atoms with Crippen LogP contribution >= 0.6 is 11.6 Å². The monoisotopic (exact) mass is 386 g/mol. The van der Waals surface area contributed by atoms with Gasteiger partial charge in [0.1, 0.15) is 5.70 Å². The molecule has 0 unspecified atom stereocenters. The maximum absolute atomic E-state index is 12.7. The Morgan fingerprint density at radius 1 is 1.07 bits per heavy atom. The van der Waals surface area contributed by atoms with Crippen molar-refractivity contribution in [3.63, 3.8) is 0 Å². The lowest BCUT2D eigenvalue weighted by Gasteiger charge is -2.12. The molecule has 7 heteroatoms. The van der Waals surface area contributed by atoms with Gasteiger partial charge in [0.2, 0.25) is 0 Å². The molecule has 0 radical (unpaired) electrons. The number of benzene rings is 2. The molecule has 0 atom stereocenters. The summed E-state index contributed by atoms with van der Waals surface area (Å²) in [6.07, 6.45) is 1.53. The van der Waals surface area contributed by atoms with Crippen LogP contribution in [0.15, 0.2) is 42.1 Å². The minimum atomic E-state index is -0.469. The van der Waals surface area contributed by atoms with Gasteiger partial charge in [-0.2, -0.15) is 0 Å². The molecule has 0 aliphatic carbocycles. The molecule has 1 heterocycles. The lowest BCUT2D eigenvalue weighted by Crippen LogP contribution is -2.30. The second kappa shape index (κ2) is 7.72. The van der Waals surface area contributed by atoms with Crippen LogP contribution in [0.3, 0.4) is 0 Å². The molecule has 0 aromatic heterocycles. The van der Waals surface area contributed by atoms with Crippen LogP contribution < -0.4 is 14.8 Å². The molecular formula is C20H19ClN2O4. The number of nitrogens with zero attached hydrogens (tertiary/aromatic N) is 1. The number of nitrogens with one attached hydrogen (secondary N) is 1. The summed E-state index contributed by atoms with van der Waals surface area (Å²) in [7, 11) is 3.02. The third-order valence-electron chi connectivity index (χ3n) is 4.23. The van der Waals surface area contributed by atoms with Crippen LogP contribution in [0.4, 0.5) is 4.79 Å². The molecule has 27 heavy (non-hydrogen) atoms. The largest absolute Gasteiger partial charge is 0.493 e. The number of carbonyl (C=O) groups excluding carboxylic acids is 2. The predicted molar refractivity (Wildman–Crippen MR) is 103 cm³/mol. The zero-order chi connectivity index (χ0) is 19.6. The first-order chi connectivity index (χ1) is 12.9. The number of methoxy groups -OCH3 is 2. The average Bonchev–Trinajstić information content (AvgIpc) is 2.92. The molecule has 1 N–H and O–H groups in total. The molecule has 0 spiro atoms. The van der Waals surface area contributed by atoms with Gasteiger partial charge in [0.15, 0.2) is 11.5 Å². The molecule has 1 aliphatic heterocycles. The molecule has 6 nitrogen and oxygen atoms in total.